The Bertz CT molecular complexity index is 938. The molecule has 4 rings (SSSR count). The number of halogens is 1. The molecule has 2 heterocycles. The van der Waals surface area contributed by atoms with E-state index in [1.807, 2.05) is 43.3 Å². The molecule has 0 atom stereocenters. The minimum absolute atomic E-state index is 0.751. The van der Waals surface area contributed by atoms with Crippen molar-refractivity contribution in [2.45, 2.75) is 6.92 Å². The predicted octanol–water partition coefficient (Wildman–Crippen LogP) is 4.83. The standard InChI is InChI=1S/C16H11ClN2/c1-9-15-12-8-10(17)6-7-14(12)19-16(15)11-4-2-3-5-13(11)18-9/h2-8,19H,1H3. The zero-order valence-electron chi connectivity index (χ0n) is 10.4. The average Bonchev–Trinajstić information content (AvgIpc) is 2.78. The van der Waals surface area contributed by atoms with Gasteiger partial charge >= 0.3 is 0 Å². The minimum atomic E-state index is 0.751. The van der Waals surface area contributed by atoms with E-state index < -0.39 is 0 Å². The molecular weight excluding hydrogens is 256 g/mol. The Balaban J connectivity index is 2.34. The molecule has 0 amide bonds. The fourth-order valence-corrected chi connectivity index (χ4v) is 2.93. The Morgan fingerprint density at radius 1 is 1.05 bits per heavy atom. The fourth-order valence-electron chi connectivity index (χ4n) is 2.76. The van der Waals surface area contributed by atoms with Crippen LogP contribution in [-0.4, -0.2) is 9.97 Å². The van der Waals surface area contributed by atoms with Crippen LogP contribution in [0.4, 0.5) is 0 Å². The van der Waals surface area contributed by atoms with Crippen molar-refractivity contribution < 1.29 is 0 Å². The van der Waals surface area contributed by atoms with Crippen LogP contribution in [0, 0.1) is 6.92 Å². The molecule has 3 heteroatoms. The van der Waals surface area contributed by atoms with Crippen LogP contribution in [0.3, 0.4) is 0 Å². The summed E-state index contributed by atoms with van der Waals surface area (Å²) in [6.07, 6.45) is 0. The first-order valence-corrected chi connectivity index (χ1v) is 6.58. The van der Waals surface area contributed by atoms with Gasteiger partial charge in [-0.25, -0.2) is 0 Å². The molecule has 2 aromatic heterocycles. The van der Waals surface area contributed by atoms with Gasteiger partial charge in [-0.05, 0) is 31.2 Å². The first-order valence-electron chi connectivity index (χ1n) is 6.20. The molecule has 0 aliphatic rings. The van der Waals surface area contributed by atoms with Gasteiger partial charge in [-0.3, -0.25) is 4.98 Å². The second-order valence-electron chi connectivity index (χ2n) is 4.78. The van der Waals surface area contributed by atoms with Gasteiger partial charge in [0.2, 0.25) is 0 Å². The number of fused-ring (bicyclic) bond motifs is 5. The van der Waals surface area contributed by atoms with Gasteiger partial charge in [0.05, 0.1) is 11.0 Å². The SMILES string of the molecule is Cc1nc2ccccc2c2[nH]c3ccc(Cl)cc3c12. The third-order valence-electron chi connectivity index (χ3n) is 3.58. The Labute approximate surface area is 115 Å². The van der Waals surface area contributed by atoms with Crippen molar-refractivity contribution in [3.63, 3.8) is 0 Å². The first-order chi connectivity index (χ1) is 9.24. The quantitative estimate of drug-likeness (QED) is 0.485. The van der Waals surface area contributed by atoms with Crippen molar-refractivity contribution in [1.82, 2.24) is 9.97 Å². The summed E-state index contributed by atoms with van der Waals surface area (Å²) in [4.78, 5) is 8.18. The maximum Gasteiger partial charge on any atom is 0.0726 e. The number of pyridine rings is 1. The van der Waals surface area contributed by atoms with Gasteiger partial charge in [0, 0.05) is 32.4 Å². The first kappa shape index (κ1) is 10.8. The Kier molecular flexibility index (Phi) is 2.12. The number of rotatable bonds is 0. The highest BCUT2D eigenvalue weighted by molar-refractivity contribution is 6.32. The molecule has 0 fully saturated rings. The van der Waals surface area contributed by atoms with E-state index in [2.05, 4.69) is 11.1 Å². The number of benzene rings is 2. The molecule has 0 radical (unpaired) electrons. The summed E-state index contributed by atoms with van der Waals surface area (Å²) in [5.74, 6) is 0. The van der Waals surface area contributed by atoms with Crippen LogP contribution < -0.4 is 0 Å². The van der Waals surface area contributed by atoms with Gasteiger partial charge in [-0.15, -0.1) is 0 Å². The zero-order chi connectivity index (χ0) is 13.0. The van der Waals surface area contributed by atoms with Crippen LogP contribution in [0.5, 0.6) is 0 Å². The molecular formula is C16H11ClN2. The molecule has 0 aliphatic carbocycles. The lowest BCUT2D eigenvalue weighted by molar-refractivity contribution is 1.29. The molecule has 0 spiro atoms. The van der Waals surface area contributed by atoms with Crippen LogP contribution in [0.25, 0.3) is 32.7 Å². The van der Waals surface area contributed by atoms with Gasteiger partial charge in [0.15, 0.2) is 0 Å². The lowest BCUT2D eigenvalue weighted by atomic mass is 10.1. The zero-order valence-corrected chi connectivity index (χ0v) is 11.1. The van der Waals surface area contributed by atoms with Crippen LogP contribution in [0.2, 0.25) is 5.02 Å². The largest absolute Gasteiger partial charge is 0.354 e. The van der Waals surface area contributed by atoms with E-state index in [0.717, 1.165) is 43.4 Å². The minimum Gasteiger partial charge on any atom is -0.354 e. The van der Waals surface area contributed by atoms with Crippen LogP contribution in [0.15, 0.2) is 42.5 Å². The number of H-pyrrole nitrogens is 1. The summed E-state index contributed by atoms with van der Waals surface area (Å²) >= 11 is 6.11. The maximum atomic E-state index is 6.11. The number of aryl methyl sites for hydroxylation is 1. The predicted molar refractivity (Wildman–Crippen MR) is 80.9 cm³/mol. The van der Waals surface area contributed by atoms with Gasteiger partial charge < -0.3 is 4.98 Å². The van der Waals surface area contributed by atoms with E-state index in [4.69, 9.17) is 16.6 Å². The summed E-state index contributed by atoms with van der Waals surface area (Å²) in [7, 11) is 0. The van der Waals surface area contributed by atoms with Crippen LogP contribution >= 0.6 is 11.6 Å². The number of nitrogens with zero attached hydrogens (tertiary/aromatic N) is 1. The number of hydrogen-bond acceptors (Lipinski definition) is 1. The van der Waals surface area contributed by atoms with Gasteiger partial charge in [-0.2, -0.15) is 0 Å². The Hall–Kier alpha value is -2.06. The van der Waals surface area contributed by atoms with E-state index >= 15 is 0 Å². The summed E-state index contributed by atoms with van der Waals surface area (Å²) in [5, 5.41) is 4.20. The molecule has 0 aliphatic heterocycles. The van der Waals surface area contributed by atoms with E-state index in [0.29, 0.717) is 0 Å². The van der Waals surface area contributed by atoms with Crippen molar-refractivity contribution in [3.05, 3.63) is 53.2 Å². The molecule has 1 N–H and O–H groups in total. The molecule has 0 bridgehead atoms. The molecule has 92 valence electrons. The second-order valence-corrected chi connectivity index (χ2v) is 5.22. The van der Waals surface area contributed by atoms with Crippen molar-refractivity contribution in [1.29, 1.82) is 0 Å². The summed E-state index contributed by atoms with van der Waals surface area (Å²) in [6, 6.07) is 14.1. The highest BCUT2D eigenvalue weighted by Crippen LogP contribution is 2.33. The average molecular weight is 267 g/mol. The highest BCUT2D eigenvalue weighted by atomic mass is 35.5. The summed E-state index contributed by atoms with van der Waals surface area (Å²) < 4.78 is 0. The lowest BCUT2D eigenvalue weighted by Gasteiger charge is -2.02. The van der Waals surface area contributed by atoms with Gasteiger partial charge in [0.1, 0.15) is 0 Å². The van der Waals surface area contributed by atoms with Crippen molar-refractivity contribution >= 4 is 44.3 Å². The molecule has 2 aromatic carbocycles. The van der Waals surface area contributed by atoms with Gasteiger partial charge in [0.25, 0.3) is 0 Å². The van der Waals surface area contributed by atoms with E-state index in [9.17, 15) is 0 Å². The summed E-state index contributed by atoms with van der Waals surface area (Å²) in [6.45, 7) is 2.04. The smallest absolute Gasteiger partial charge is 0.0726 e. The molecule has 0 saturated carbocycles. The van der Waals surface area contributed by atoms with E-state index in [1.54, 1.807) is 0 Å². The lowest BCUT2D eigenvalue weighted by Crippen LogP contribution is -1.85. The molecule has 0 saturated heterocycles. The number of aromatic nitrogens is 2. The highest BCUT2D eigenvalue weighted by Gasteiger charge is 2.11. The second kappa shape index (κ2) is 3.72. The number of aromatic amines is 1. The number of nitrogens with one attached hydrogen (secondary N) is 1. The van der Waals surface area contributed by atoms with Crippen LogP contribution in [0.1, 0.15) is 5.69 Å². The third kappa shape index (κ3) is 1.47. The molecule has 4 aromatic rings. The summed E-state index contributed by atoms with van der Waals surface area (Å²) in [5.41, 5.74) is 4.29. The molecule has 0 unspecified atom stereocenters. The van der Waals surface area contributed by atoms with Crippen molar-refractivity contribution in [2.75, 3.05) is 0 Å². The molecule has 19 heavy (non-hydrogen) atoms. The number of para-hydroxylation sites is 1. The third-order valence-corrected chi connectivity index (χ3v) is 3.82. The fraction of sp³-hybridized carbons (Fsp3) is 0.0625. The Morgan fingerprint density at radius 2 is 1.89 bits per heavy atom. The Morgan fingerprint density at radius 3 is 2.79 bits per heavy atom. The van der Waals surface area contributed by atoms with E-state index in [-0.39, 0.29) is 0 Å². The topological polar surface area (TPSA) is 28.7 Å². The van der Waals surface area contributed by atoms with Crippen molar-refractivity contribution in [2.24, 2.45) is 0 Å². The molecule has 2 nitrogen and oxygen atoms in total. The van der Waals surface area contributed by atoms with E-state index in [1.165, 1.54) is 0 Å². The normalized spacial score (nSPS) is 11.7. The monoisotopic (exact) mass is 266 g/mol. The van der Waals surface area contributed by atoms with Crippen LogP contribution in [-0.2, 0) is 0 Å². The van der Waals surface area contributed by atoms with Gasteiger partial charge in [-0.1, -0.05) is 29.8 Å². The number of hydrogen-bond donors (Lipinski definition) is 1. The van der Waals surface area contributed by atoms with Crippen molar-refractivity contribution in [3.8, 4) is 0 Å². The maximum absolute atomic E-state index is 6.11.